The molecular weight excluding hydrogens is 320 g/mol. The minimum atomic E-state index is 0.102. The molecule has 1 rings (SSSR count). The molecule has 1 aromatic rings. The highest BCUT2D eigenvalue weighted by atomic mass is 32.2. The molecule has 0 saturated heterocycles. The van der Waals surface area contributed by atoms with Gasteiger partial charge in [0.1, 0.15) is 0 Å². The Balaban J connectivity index is 2.51. The number of hydrogen-bond acceptors (Lipinski definition) is 4. The molecule has 1 aromatic carbocycles. The van der Waals surface area contributed by atoms with Crippen molar-refractivity contribution in [3.63, 3.8) is 0 Å². The van der Waals surface area contributed by atoms with Gasteiger partial charge in [0.15, 0.2) is 0 Å². The molecule has 4 heteroatoms. The van der Waals surface area contributed by atoms with E-state index in [4.69, 9.17) is 0 Å². The molecule has 0 fully saturated rings. The van der Waals surface area contributed by atoms with Crippen molar-refractivity contribution in [1.29, 1.82) is 0 Å². The predicted octanol–water partition coefficient (Wildman–Crippen LogP) is 5.57. The van der Waals surface area contributed by atoms with Gasteiger partial charge in [0.25, 0.3) is 0 Å². The summed E-state index contributed by atoms with van der Waals surface area (Å²) in [5.74, 6) is 4.29. The summed E-state index contributed by atoms with van der Waals surface area (Å²) in [6.45, 7) is 8.67. The minimum Gasteiger partial charge on any atom is -0.172 e. The monoisotopic (exact) mass is 346 g/mol. The third-order valence-electron chi connectivity index (χ3n) is 2.54. The fourth-order valence-corrected chi connectivity index (χ4v) is 4.41. The summed E-state index contributed by atoms with van der Waals surface area (Å²) < 4.78 is 0.203. The first kappa shape index (κ1) is 18.7. The standard InChI is InChI=1S/C16H26S4/c1-15(2,17)11-19-9-13-7-5-6-8-14(13)10-20-12-16(3,4)18/h5-8,17-18H,9-12H2,1-4H3. The van der Waals surface area contributed by atoms with E-state index in [2.05, 4.69) is 77.2 Å². The molecule has 20 heavy (non-hydrogen) atoms. The Hall–Kier alpha value is 0.620. The molecule has 0 radical (unpaired) electrons. The predicted molar refractivity (Wildman–Crippen MR) is 105 cm³/mol. The SMILES string of the molecule is CC(C)(S)CSCc1ccccc1CSCC(C)(C)S. The van der Waals surface area contributed by atoms with E-state index in [0.29, 0.717) is 0 Å². The Labute approximate surface area is 144 Å². The zero-order valence-electron chi connectivity index (χ0n) is 12.8. The van der Waals surface area contributed by atoms with Crippen molar-refractivity contribution in [2.75, 3.05) is 11.5 Å². The van der Waals surface area contributed by atoms with Crippen LogP contribution in [-0.2, 0) is 11.5 Å². The summed E-state index contributed by atoms with van der Waals surface area (Å²) in [4.78, 5) is 0. The lowest BCUT2D eigenvalue weighted by Gasteiger charge is -2.18. The van der Waals surface area contributed by atoms with Crippen LogP contribution in [0.5, 0.6) is 0 Å². The molecule has 0 nitrogen and oxygen atoms in total. The lowest BCUT2D eigenvalue weighted by Crippen LogP contribution is -2.14. The van der Waals surface area contributed by atoms with Crippen molar-refractivity contribution in [3.8, 4) is 0 Å². The van der Waals surface area contributed by atoms with Gasteiger partial charge in [-0.15, -0.1) is 0 Å². The molecule has 0 aromatic heterocycles. The van der Waals surface area contributed by atoms with E-state index >= 15 is 0 Å². The molecular formula is C16H26S4. The molecule has 0 atom stereocenters. The average molecular weight is 347 g/mol. The Bertz CT molecular complexity index is 363. The van der Waals surface area contributed by atoms with Crippen molar-refractivity contribution in [1.82, 2.24) is 0 Å². The molecule has 0 bridgehead atoms. The second-order valence-corrected chi connectivity index (χ2v) is 10.8. The van der Waals surface area contributed by atoms with Gasteiger partial charge >= 0.3 is 0 Å². The van der Waals surface area contributed by atoms with Gasteiger partial charge in [0, 0.05) is 32.5 Å². The van der Waals surface area contributed by atoms with Crippen LogP contribution >= 0.6 is 48.8 Å². The van der Waals surface area contributed by atoms with Gasteiger partial charge in [-0.05, 0) is 11.1 Å². The van der Waals surface area contributed by atoms with Crippen molar-refractivity contribution in [2.45, 2.75) is 48.7 Å². The second kappa shape index (κ2) is 8.30. The molecule has 0 heterocycles. The van der Waals surface area contributed by atoms with Gasteiger partial charge < -0.3 is 0 Å². The van der Waals surface area contributed by atoms with Crippen molar-refractivity contribution in [2.24, 2.45) is 0 Å². The molecule has 0 amide bonds. The third-order valence-corrected chi connectivity index (χ3v) is 6.17. The zero-order chi connectivity index (χ0) is 15.2. The van der Waals surface area contributed by atoms with Crippen LogP contribution in [0.4, 0.5) is 0 Å². The van der Waals surface area contributed by atoms with E-state index < -0.39 is 0 Å². The van der Waals surface area contributed by atoms with Gasteiger partial charge in [0.2, 0.25) is 0 Å². The maximum Gasteiger partial charge on any atom is 0.0188 e. The van der Waals surface area contributed by atoms with Crippen LogP contribution in [0.15, 0.2) is 24.3 Å². The number of hydrogen-bond donors (Lipinski definition) is 2. The summed E-state index contributed by atoms with van der Waals surface area (Å²) in [7, 11) is 0. The van der Waals surface area contributed by atoms with E-state index in [9.17, 15) is 0 Å². The molecule has 114 valence electrons. The van der Waals surface area contributed by atoms with Gasteiger partial charge in [-0.3, -0.25) is 0 Å². The van der Waals surface area contributed by atoms with Crippen LogP contribution in [0, 0.1) is 0 Å². The normalized spacial score (nSPS) is 12.7. The summed E-state index contributed by atoms with van der Waals surface area (Å²) in [6, 6.07) is 8.78. The van der Waals surface area contributed by atoms with Crippen LogP contribution < -0.4 is 0 Å². The molecule has 0 unspecified atom stereocenters. The zero-order valence-corrected chi connectivity index (χ0v) is 16.3. The van der Waals surface area contributed by atoms with Gasteiger partial charge in [-0.25, -0.2) is 0 Å². The van der Waals surface area contributed by atoms with Gasteiger partial charge in [-0.2, -0.15) is 48.8 Å². The first-order valence-electron chi connectivity index (χ1n) is 6.84. The number of thioether (sulfide) groups is 2. The maximum absolute atomic E-state index is 4.58. The van der Waals surface area contributed by atoms with E-state index in [0.717, 1.165) is 23.0 Å². The highest BCUT2D eigenvalue weighted by molar-refractivity contribution is 7.99. The Kier molecular flexibility index (Phi) is 7.75. The lowest BCUT2D eigenvalue weighted by atomic mass is 10.1. The molecule has 0 saturated carbocycles. The van der Waals surface area contributed by atoms with Crippen molar-refractivity contribution < 1.29 is 0 Å². The van der Waals surface area contributed by atoms with Crippen molar-refractivity contribution in [3.05, 3.63) is 35.4 Å². The van der Waals surface area contributed by atoms with Gasteiger partial charge in [0.05, 0.1) is 0 Å². The van der Waals surface area contributed by atoms with E-state index in [1.54, 1.807) is 0 Å². The van der Waals surface area contributed by atoms with Crippen molar-refractivity contribution >= 4 is 48.8 Å². The quantitative estimate of drug-likeness (QED) is 0.591. The first-order valence-corrected chi connectivity index (χ1v) is 10.0. The average Bonchev–Trinajstić information content (AvgIpc) is 2.28. The smallest absolute Gasteiger partial charge is 0.0188 e. The summed E-state index contributed by atoms with van der Waals surface area (Å²) >= 11 is 13.1. The van der Waals surface area contributed by atoms with E-state index in [-0.39, 0.29) is 9.49 Å². The first-order chi connectivity index (χ1) is 9.17. The van der Waals surface area contributed by atoms with Crippen LogP contribution in [0.3, 0.4) is 0 Å². The van der Waals surface area contributed by atoms with E-state index in [1.165, 1.54) is 11.1 Å². The highest BCUT2D eigenvalue weighted by Crippen LogP contribution is 2.27. The van der Waals surface area contributed by atoms with E-state index in [1.807, 2.05) is 23.5 Å². The second-order valence-electron chi connectivity index (χ2n) is 6.38. The molecule has 0 aliphatic rings. The summed E-state index contributed by atoms with van der Waals surface area (Å²) in [5.41, 5.74) is 2.92. The molecule has 0 spiro atoms. The maximum atomic E-state index is 4.58. The number of rotatable bonds is 8. The van der Waals surface area contributed by atoms with Crippen LogP contribution in [0.25, 0.3) is 0 Å². The summed E-state index contributed by atoms with van der Waals surface area (Å²) in [5, 5.41) is 0. The summed E-state index contributed by atoms with van der Waals surface area (Å²) in [6.07, 6.45) is 0. The van der Waals surface area contributed by atoms with Crippen LogP contribution in [-0.4, -0.2) is 21.0 Å². The molecule has 0 aliphatic heterocycles. The highest BCUT2D eigenvalue weighted by Gasteiger charge is 2.13. The fourth-order valence-electron chi connectivity index (χ4n) is 1.66. The Morgan fingerprint density at radius 2 is 1.15 bits per heavy atom. The lowest BCUT2D eigenvalue weighted by molar-refractivity contribution is 0.824. The van der Waals surface area contributed by atoms with Crippen LogP contribution in [0.1, 0.15) is 38.8 Å². The van der Waals surface area contributed by atoms with Gasteiger partial charge in [-0.1, -0.05) is 52.0 Å². The topological polar surface area (TPSA) is 0 Å². The molecule has 0 N–H and O–H groups in total. The largest absolute Gasteiger partial charge is 0.172 e. The fraction of sp³-hybridized carbons (Fsp3) is 0.625. The minimum absolute atomic E-state index is 0.102. The number of thiol groups is 2. The number of benzene rings is 1. The Morgan fingerprint density at radius 1 is 0.800 bits per heavy atom. The third kappa shape index (κ3) is 8.81. The Morgan fingerprint density at radius 3 is 1.45 bits per heavy atom. The van der Waals surface area contributed by atoms with Crippen LogP contribution in [0.2, 0.25) is 0 Å². The molecule has 0 aliphatic carbocycles.